The highest BCUT2D eigenvalue weighted by molar-refractivity contribution is 5.88. The zero-order chi connectivity index (χ0) is 19.9. The van der Waals surface area contributed by atoms with Crippen LogP contribution in [0, 0.1) is 6.92 Å². The number of carbonyl (C=O) groups excluding carboxylic acids is 2. The number of aromatic nitrogens is 1. The molecule has 1 saturated heterocycles. The van der Waals surface area contributed by atoms with Crippen LogP contribution in [0.3, 0.4) is 0 Å². The highest BCUT2D eigenvalue weighted by atomic mass is 16.5. The lowest BCUT2D eigenvalue weighted by Gasteiger charge is -2.35. The Morgan fingerprint density at radius 3 is 2.93 bits per heavy atom. The van der Waals surface area contributed by atoms with Crippen molar-refractivity contribution in [2.45, 2.75) is 32.5 Å². The lowest BCUT2D eigenvalue weighted by Crippen LogP contribution is -2.56. The highest BCUT2D eigenvalue weighted by Crippen LogP contribution is 2.22. The molecule has 1 aromatic heterocycles. The van der Waals surface area contributed by atoms with Crippen molar-refractivity contribution >= 4 is 11.8 Å². The fourth-order valence-electron chi connectivity index (χ4n) is 3.37. The molecule has 0 saturated carbocycles. The fraction of sp³-hybridized carbons (Fsp3) is 0.381. The van der Waals surface area contributed by atoms with Crippen molar-refractivity contribution in [1.82, 2.24) is 20.5 Å². The summed E-state index contributed by atoms with van der Waals surface area (Å²) in [6.45, 7) is 4.19. The smallest absolute Gasteiger partial charge is 0.237 e. The van der Waals surface area contributed by atoms with E-state index in [2.05, 4.69) is 15.6 Å². The summed E-state index contributed by atoms with van der Waals surface area (Å²) in [6.07, 6.45) is 3.59. The van der Waals surface area contributed by atoms with E-state index in [4.69, 9.17) is 4.74 Å². The summed E-state index contributed by atoms with van der Waals surface area (Å²) in [6, 6.07) is 9.12. The molecule has 0 spiro atoms. The van der Waals surface area contributed by atoms with E-state index in [1.165, 1.54) is 0 Å². The molecule has 2 aromatic rings. The van der Waals surface area contributed by atoms with Gasteiger partial charge in [0.25, 0.3) is 0 Å². The maximum atomic E-state index is 12.5. The van der Waals surface area contributed by atoms with Crippen molar-refractivity contribution in [1.29, 1.82) is 0 Å². The third-order valence-electron chi connectivity index (χ3n) is 5.00. The topological polar surface area (TPSA) is 83.6 Å². The molecule has 7 nitrogen and oxygen atoms in total. The second-order valence-corrected chi connectivity index (χ2v) is 6.87. The molecule has 1 fully saturated rings. The van der Waals surface area contributed by atoms with Gasteiger partial charge in [0, 0.05) is 44.1 Å². The van der Waals surface area contributed by atoms with Crippen LogP contribution in [-0.2, 0) is 22.7 Å². The quantitative estimate of drug-likeness (QED) is 0.756. The van der Waals surface area contributed by atoms with Crippen LogP contribution in [0.1, 0.15) is 23.1 Å². The Labute approximate surface area is 165 Å². The van der Waals surface area contributed by atoms with Crippen molar-refractivity contribution in [2.24, 2.45) is 0 Å². The summed E-state index contributed by atoms with van der Waals surface area (Å²) in [7, 11) is 1.63. The number of piperazine rings is 1. The molecule has 0 aliphatic carbocycles. The Bertz CT molecular complexity index is 840. The molecule has 28 heavy (non-hydrogen) atoms. The van der Waals surface area contributed by atoms with Gasteiger partial charge in [0.2, 0.25) is 11.8 Å². The zero-order valence-electron chi connectivity index (χ0n) is 16.3. The second kappa shape index (κ2) is 9.32. The highest BCUT2D eigenvalue weighted by Gasteiger charge is 2.32. The Hall–Kier alpha value is -2.93. The van der Waals surface area contributed by atoms with Gasteiger partial charge in [-0.1, -0.05) is 18.2 Å². The number of nitrogens with zero attached hydrogens (tertiary/aromatic N) is 2. The molecule has 1 atom stereocenters. The molecule has 0 radical (unpaired) electrons. The first-order valence-electron chi connectivity index (χ1n) is 9.38. The van der Waals surface area contributed by atoms with Crippen LogP contribution in [0.15, 0.2) is 42.7 Å². The number of hydrogen-bond acceptors (Lipinski definition) is 5. The predicted octanol–water partition coefficient (Wildman–Crippen LogP) is 1.41. The second-order valence-electron chi connectivity index (χ2n) is 6.87. The summed E-state index contributed by atoms with van der Waals surface area (Å²) in [5.41, 5.74) is 3.04. The lowest BCUT2D eigenvalue weighted by molar-refractivity contribution is -0.134. The minimum atomic E-state index is -0.503. The van der Waals surface area contributed by atoms with E-state index >= 15 is 0 Å². The lowest BCUT2D eigenvalue weighted by atomic mass is 10.1. The maximum absolute atomic E-state index is 12.5. The number of para-hydroxylation sites is 1. The van der Waals surface area contributed by atoms with E-state index in [1.807, 2.05) is 42.2 Å². The number of methoxy groups -OCH3 is 1. The molecule has 1 unspecified atom stereocenters. The Balaban J connectivity index is 1.64. The van der Waals surface area contributed by atoms with E-state index < -0.39 is 6.04 Å². The Morgan fingerprint density at radius 1 is 1.32 bits per heavy atom. The van der Waals surface area contributed by atoms with Crippen molar-refractivity contribution in [3.8, 4) is 5.75 Å². The average Bonchev–Trinajstić information content (AvgIpc) is 2.70. The minimum absolute atomic E-state index is 0.114. The minimum Gasteiger partial charge on any atom is -0.496 e. The summed E-state index contributed by atoms with van der Waals surface area (Å²) in [4.78, 5) is 31.0. The molecule has 3 rings (SSSR count). The van der Waals surface area contributed by atoms with Crippen LogP contribution in [0.25, 0.3) is 0 Å². The van der Waals surface area contributed by atoms with E-state index in [9.17, 15) is 9.59 Å². The summed E-state index contributed by atoms with van der Waals surface area (Å²) in [5, 5.41) is 5.78. The molecule has 1 aliphatic rings. The van der Waals surface area contributed by atoms with Gasteiger partial charge in [-0.2, -0.15) is 0 Å². The van der Waals surface area contributed by atoms with Gasteiger partial charge in [0.05, 0.1) is 19.6 Å². The number of amides is 2. The van der Waals surface area contributed by atoms with Crippen LogP contribution in [-0.4, -0.2) is 47.9 Å². The van der Waals surface area contributed by atoms with E-state index in [-0.39, 0.29) is 18.2 Å². The molecule has 2 N–H and O–H groups in total. The number of nitrogens with one attached hydrogen (secondary N) is 2. The first-order valence-corrected chi connectivity index (χ1v) is 9.38. The van der Waals surface area contributed by atoms with Gasteiger partial charge >= 0.3 is 0 Å². The van der Waals surface area contributed by atoms with Crippen molar-refractivity contribution in [3.63, 3.8) is 0 Å². The zero-order valence-corrected chi connectivity index (χ0v) is 16.3. The van der Waals surface area contributed by atoms with Gasteiger partial charge in [0.1, 0.15) is 5.75 Å². The Kier molecular flexibility index (Phi) is 6.60. The molecular formula is C21H26N4O3. The van der Waals surface area contributed by atoms with Crippen LogP contribution in [0.5, 0.6) is 5.75 Å². The first-order chi connectivity index (χ1) is 13.6. The van der Waals surface area contributed by atoms with Crippen LogP contribution < -0.4 is 15.4 Å². The molecule has 1 aromatic carbocycles. The number of benzene rings is 1. The Morgan fingerprint density at radius 2 is 2.14 bits per heavy atom. The molecule has 7 heteroatoms. The summed E-state index contributed by atoms with van der Waals surface area (Å²) in [5.74, 6) is 0.518. The van der Waals surface area contributed by atoms with Gasteiger partial charge in [-0.05, 0) is 30.2 Å². The van der Waals surface area contributed by atoms with Gasteiger partial charge in [0.15, 0.2) is 0 Å². The number of pyridine rings is 1. The van der Waals surface area contributed by atoms with Gasteiger partial charge in [-0.3, -0.25) is 19.5 Å². The normalized spacial score (nSPS) is 17.1. The van der Waals surface area contributed by atoms with Crippen LogP contribution in [0.4, 0.5) is 0 Å². The van der Waals surface area contributed by atoms with Crippen molar-refractivity contribution in [2.75, 3.05) is 20.2 Å². The monoisotopic (exact) mass is 382 g/mol. The van der Waals surface area contributed by atoms with Crippen LogP contribution in [0.2, 0.25) is 0 Å². The largest absolute Gasteiger partial charge is 0.496 e. The molecule has 1 aliphatic heterocycles. The van der Waals surface area contributed by atoms with E-state index in [1.54, 1.807) is 19.5 Å². The SMILES string of the molecule is COc1ccccc1CN1CCNC(=O)C1CC(=O)NCc1ccncc1C. The number of hydrogen-bond donors (Lipinski definition) is 2. The van der Waals surface area contributed by atoms with Crippen LogP contribution >= 0.6 is 0 Å². The number of carbonyl (C=O) groups is 2. The average molecular weight is 382 g/mol. The third-order valence-corrected chi connectivity index (χ3v) is 5.00. The molecule has 0 bridgehead atoms. The summed E-state index contributed by atoms with van der Waals surface area (Å²) < 4.78 is 5.42. The number of rotatable bonds is 7. The fourth-order valence-corrected chi connectivity index (χ4v) is 3.37. The van der Waals surface area contributed by atoms with Gasteiger partial charge in [-0.15, -0.1) is 0 Å². The first kappa shape index (κ1) is 19.8. The van der Waals surface area contributed by atoms with Crippen molar-refractivity contribution in [3.05, 3.63) is 59.4 Å². The number of ether oxygens (including phenoxy) is 1. The predicted molar refractivity (Wildman–Crippen MR) is 106 cm³/mol. The molecule has 148 valence electrons. The standard InChI is InChI=1S/C21H26N4O3/c1-15-12-22-8-7-16(15)13-24-20(26)11-18-21(27)23-9-10-25(18)14-17-5-3-4-6-19(17)28-2/h3-8,12,18H,9-11,13-14H2,1-2H3,(H,23,27)(H,24,26). The maximum Gasteiger partial charge on any atom is 0.237 e. The third kappa shape index (κ3) is 4.86. The van der Waals surface area contributed by atoms with Crippen molar-refractivity contribution < 1.29 is 14.3 Å². The van der Waals surface area contributed by atoms with E-state index in [0.717, 1.165) is 22.4 Å². The van der Waals surface area contributed by atoms with Gasteiger partial charge < -0.3 is 15.4 Å². The van der Waals surface area contributed by atoms with E-state index in [0.29, 0.717) is 26.2 Å². The molecular weight excluding hydrogens is 356 g/mol. The summed E-state index contributed by atoms with van der Waals surface area (Å²) >= 11 is 0. The number of aryl methyl sites for hydroxylation is 1. The molecule has 2 heterocycles. The molecule has 2 amide bonds. The van der Waals surface area contributed by atoms with Gasteiger partial charge in [-0.25, -0.2) is 0 Å².